The summed E-state index contributed by atoms with van der Waals surface area (Å²) in [5.41, 5.74) is 0.810. The molecule has 1 saturated heterocycles. The summed E-state index contributed by atoms with van der Waals surface area (Å²) in [6.45, 7) is 2.83. The molecule has 0 bridgehead atoms. The lowest BCUT2D eigenvalue weighted by molar-refractivity contribution is 0.0685. The topological polar surface area (TPSA) is 25.2 Å². The molecule has 128 valence electrons. The van der Waals surface area contributed by atoms with Crippen molar-refractivity contribution in [2.75, 3.05) is 13.1 Å². The molecule has 0 spiro atoms. The second-order valence-corrected chi connectivity index (χ2v) is 7.01. The molecule has 3 nitrogen and oxygen atoms in total. The van der Waals surface area contributed by atoms with Crippen molar-refractivity contribution in [2.45, 2.75) is 25.8 Å². The van der Waals surface area contributed by atoms with E-state index in [4.69, 9.17) is 0 Å². The van der Waals surface area contributed by atoms with E-state index in [9.17, 15) is 4.79 Å². The Balaban J connectivity index is 1.35. The molecule has 0 atom stereocenters. The molecular weight excluding hydrogens is 308 g/mol. The molecule has 1 aliphatic heterocycles. The Bertz CT molecular complexity index is 845. The van der Waals surface area contributed by atoms with Crippen LogP contribution in [0.15, 0.2) is 67.0 Å². The van der Waals surface area contributed by atoms with Crippen molar-refractivity contribution in [1.82, 2.24) is 9.47 Å². The van der Waals surface area contributed by atoms with Crippen LogP contribution in [-0.4, -0.2) is 28.5 Å². The predicted octanol–water partition coefficient (Wildman–Crippen LogP) is 4.58. The number of rotatable bonds is 4. The lowest BCUT2D eigenvalue weighted by atomic mass is 9.93. The summed E-state index contributed by atoms with van der Waals surface area (Å²) in [5.74, 6) is 0.901. The van der Waals surface area contributed by atoms with Crippen molar-refractivity contribution >= 4 is 16.7 Å². The number of likely N-dealkylation sites (tertiary alicyclic amines) is 1. The third-order valence-corrected chi connectivity index (χ3v) is 5.36. The van der Waals surface area contributed by atoms with E-state index in [2.05, 4.69) is 41.2 Å². The van der Waals surface area contributed by atoms with Gasteiger partial charge in [-0.05, 0) is 60.2 Å². The van der Waals surface area contributed by atoms with E-state index >= 15 is 0 Å². The van der Waals surface area contributed by atoms with Gasteiger partial charge in [0.05, 0.1) is 0 Å². The fraction of sp³-hybridized carbons (Fsp3) is 0.318. The number of aromatic nitrogens is 1. The number of carbonyl (C=O) groups excluding carboxylic acids is 1. The minimum atomic E-state index is 0.176. The number of carbonyl (C=O) groups is 1. The third-order valence-electron chi connectivity index (χ3n) is 5.36. The lowest BCUT2D eigenvalue weighted by Gasteiger charge is -2.32. The standard InChI is InChI=1S/C22H24N2O/c25-22(21-8-7-19-5-1-2-6-20(19)17-21)24-15-10-18(11-16-24)9-14-23-12-3-4-13-23/h1-8,12-13,17-18H,9-11,14-16H2. The average Bonchev–Trinajstić information content (AvgIpc) is 3.19. The molecule has 1 aliphatic rings. The summed E-state index contributed by atoms with van der Waals surface area (Å²) in [6, 6.07) is 18.4. The van der Waals surface area contributed by atoms with Gasteiger partial charge in [0.1, 0.15) is 0 Å². The minimum absolute atomic E-state index is 0.176. The number of aryl methyl sites for hydroxylation is 1. The Morgan fingerprint density at radius 2 is 1.64 bits per heavy atom. The maximum atomic E-state index is 12.8. The Morgan fingerprint density at radius 3 is 2.40 bits per heavy atom. The first kappa shape index (κ1) is 15.9. The van der Waals surface area contributed by atoms with E-state index in [0.717, 1.165) is 49.3 Å². The molecular formula is C22H24N2O. The highest BCUT2D eigenvalue weighted by molar-refractivity contribution is 5.98. The van der Waals surface area contributed by atoms with Crippen LogP contribution in [-0.2, 0) is 6.54 Å². The Hall–Kier alpha value is -2.55. The van der Waals surface area contributed by atoms with Crippen LogP contribution >= 0.6 is 0 Å². The van der Waals surface area contributed by atoms with Crippen LogP contribution in [0.2, 0.25) is 0 Å². The molecule has 0 radical (unpaired) electrons. The summed E-state index contributed by atoms with van der Waals surface area (Å²) < 4.78 is 2.24. The van der Waals surface area contributed by atoms with E-state index in [0.29, 0.717) is 0 Å². The van der Waals surface area contributed by atoms with Gasteiger partial charge in [-0.3, -0.25) is 4.79 Å². The highest BCUT2D eigenvalue weighted by Gasteiger charge is 2.23. The number of fused-ring (bicyclic) bond motifs is 1. The summed E-state index contributed by atoms with van der Waals surface area (Å²) in [6.07, 6.45) is 7.67. The molecule has 25 heavy (non-hydrogen) atoms. The molecule has 1 fully saturated rings. The van der Waals surface area contributed by atoms with Gasteiger partial charge in [-0.1, -0.05) is 30.3 Å². The normalized spacial score (nSPS) is 15.6. The number of nitrogens with zero attached hydrogens (tertiary/aromatic N) is 2. The Kier molecular flexibility index (Phi) is 4.55. The Labute approximate surface area is 148 Å². The SMILES string of the molecule is O=C(c1ccc2ccccc2c1)N1CCC(CCn2cccc2)CC1. The first-order valence-corrected chi connectivity index (χ1v) is 9.18. The highest BCUT2D eigenvalue weighted by atomic mass is 16.2. The van der Waals surface area contributed by atoms with E-state index in [-0.39, 0.29) is 5.91 Å². The van der Waals surface area contributed by atoms with Gasteiger partial charge in [0.25, 0.3) is 5.91 Å². The van der Waals surface area contributed by atoms with Crippen molar-refractivity contribution in [3.8, 4) is 0 Å². The smallest absolute Gasteiger partial charge is 0.253 e. The number of hydrogen-bond acceptors (Lipinski definition) is 1. The van der Waals surface area contributed by atoms with E-state index in [1.165, 1.54) is 11.8 Å². The maximum absolute atomic E-state index is 12.8. The molecule has 4 rings (SSSR count). The second-order valence-electron chi connectivity index (χ2n) is 7.01. The molecule has 3 heteroatoms. The van der Waals surface area contributed by atoms with Crippen LogP contribution in [0.3, 0.4) is 0 Å². The Morgan fingerprint density at radius 1 is 0.920 bits per heavy atom. The summed E-state index contributed by atoms with van der Waals surface area (Å²) >= 11 is 0. The molecule has 1 aromatic heterocycles. The quantitative estimate of drug-likeness (QED) is 0.686. The molecule has 2 heterocycles. The van der Waals surface area contributed by atoms with Crippen molar-refractivity contribution in [3.63, 3.8) is 0 Å². The molecule has 2 aromatic carbocycles. The minimum Gasteiger partial charge on any atom is -0.354 e. The fourth-order valence-corrected chi connectivity index (χ4v) is 3.78. The van der Waals surface area contributed by atoms with Crippen LogP contribution < -0.4 is 0 Å². The first-order chi connectivity index (χ1) is 12.3. The zero-order valence-electron chi connectivity index (χ0n) is 14.5. The van der Waals surface area contributed by atoms with Crippen LogP contribution in [0.5, 0.6) is 0 Å². The lowest BCUT2D eigenvalue weighted by Crippen LogP contribution is -2.38. The average molecular weight is 332 g/mol. The van der Waals surface area contributed by atoms with Crippen LogP contribution in [0.4, 0.5) is 0 Å². The van der Waals surface area contributed by atoms with Crippen LogP contribution in [0.1, 0.15) is 29.6 Å². The van der Waals surface area contributed by atoms with Gasteiger partial charge >= 0.3 is 0 Å². The summed E-state index contributed by atoms with van der Waals surface area (Å²) in [5, 5.41) is 2.32. The van der Waals surface area contributed by atoms with Gasteiger partial charge in [0.15, 0.2) is 0 Å². The molecule has 0 N–H and O–H groups in total. The largest absolute Gasteiger partial charge is 0.354 e. The van der Waals surface area contributed by atoms with Gasteiger partial charge < -0.3 is 9.47 Å². The van der Waals surface area contributed by atoms with E-state index in [1.54, 1.807) is 0 Å². The second kappa shape index (κ2) is 7.14. The van der Waals surface area contributed by atoms with Crippen molar-refractivity contribution in [2.24, 2.45) is 5.92 Å². The number of hydrogen-bond donors (Lipinski definition) is 0. The monoisotopic (exact) mass is 332 g/mol. The third kappa shape index (κ3) is 3.60. The molecule has 0 saturated carbocycles. The van der Waals surface area contributed by atoms with Gasteiger partial charge in [-0.25, -0.2) is 0 Å². The molecule has 1 amide bonds. The number of amides is 1. The predicted molar refractivity (Wildman–Crippen MR) is 102 cm³/mol. The fourth-order valence-electron chi connectivity index (χ4n) is 3.78. The molecule has 0 aliphatic carbocycles. The zero-order valence-corrected chi connectivity index (χ0v) is 14.5. The van der Waals surface area contributed by atoms with Gasteiger partial charge in [-0.15, -0.1) is 0 Å². The number of piperidine rings is 1. The van der Waals surface area contributed by atoms with Crippen LogP contribution in [0.25, 0.3) is 10.8 Å². The number of benzene rings is 2. The van der Waals surface area contributed by atoms with Gasteiger partial charge in [0, 0.05) is 37.6 Å². The molecule has 3 aromatic rings. The van der Waals surface area contributed by atoms with Crippen LogP contribution in [0, 0.1) is 5.92 Å². The maximum Gasteiger partial charge on any atom is 0.253 e. The van der Waals surface area contributed by atoms with Gasteiger partial charge in [0.2, 0.25) is 0 Å². The highest BCUT2D eigenvalue weighted by Crippen LogP contribution is 2.23. The zero-order chi connectivity index (χ0) is 17.1. The van der Waals surface area contributed by atoms with Crippen molar-refractivity contribution in [3.05, 3.63) is 72.6 Å². The summed E-state index contributed by atoms with van der Waals surface area (Å²) in [4.78, 5) is 14.8. The van der Waals surface area contributed by atoms with E-state index < -0.39 is 0 Å². The first-order valence-electron chi connectivity index (χ1n) is 9.18. The van der Waals surface area contributed by atoms with Crippen molar-refractivity contribution < 1.29 is 4.79 Å². The van der Waals surface area contributed by atoms with Gasteiger partial charge in [-0.2, -0.15) is 0 Å². The summed E-state index contributed by atoms with van der Waals surface area (Å²) in [7, 11) is 0. The molecule has 0 unspecified atom stereocenters. The van der Waals surface area contributed by atoms with Crippen molar-refractivity contribution in [1.29, 1.82) is 0 Å². The van der Waals surface area contributed by atoms with E-state index in [1.807, 2.05) is 35.2 Å².